The predicted molar refractivity (Wildman–Crippen MR) is 114 cm³/mol. The number of rotatable bonds is 8. The van der Waals surface area contributed by atoms with Gasteiger partial charge in [-0.15, -0.1) is 0 Å². The number of aromatic nitrogens is 2. The van der Waals surface area contributed by atoms with Crippen LogP contribution < -0.4 is 10.2 Å². The van der Waals surface area contributed by atoms with Gasteiger partial charge in [0.2, 0.25) is 17.8 Å². The molecule has 2 aliphatic rings. The summed E-state index contributed by atoms with van der Waals surface area (Å²) in [7, 11) is 1.66. The van der Waals surface area contributed by atoms with E-state index in [1.54, 1.807) is 25.6 Å². The van der Waals surface area contributed by atoms with E-state index in [0.717, 1.165) is 51.4 Å². The van der Waals surface area contributed by atoms with E-state index in [1.807, 2.05) is 11.8 Å². The first-order valence-corrected chi connectivity index (χ1v) is 10.9. The Hall–Kier alpha value is -2.26. The van der Waals surface area contributed by atoms with Crippen molar-refractivity contribution in [1.82, 2.24) is 25.1 Å². The fraction of sp³-hybridized carbons (Fsp3) is 0.714. The van der Waals surface area contributed by atoms with E-state index in [-0.39, 0.29) is 23.8 Å². The van der Waals surface area contributed by atoms with Crippen molar-refractivity contribution in [3.63, 3.8) is 0 Å². The van der Waals surface area contributed by atoms with Crippen molar-refractivity contribution in [2.75, 3.05) is 64.4 Å². The Morgan fingerprint density at radius 3 is 2.43 bits per heavy atom. The van der Waals surface area contributed by atoms with Crippen LogP contribution in [0.15, 0.2) is 18.5 Å². The summed E-state index contributed by atoms with van der Waals surface area (Å²) in [6, 6.07) is 1.65. The van der Waals surface area contributed by atoms with Gasteiger partial charge in [-0.05, 0) is 45.3 Å². The maximum Gasteiger partial charge on any atom is 0.239 e. The zero-order valence-electron chi connectivity index (χ0n) is 18.1. The van der Waals surface area contributed by atoms with Crippen LogP contribution in [0.2, 0.25) is 0 Å². The van der Waals surface area contributed by atoms with Gasteiger partial charge in [0, 0.05) is 64.8 Å². The number of piperidine rings is 1. The van der Waals surface area contributed by atoms with E-state index < -0.39 is 0 Å². The zero-order chi connectivity index (χ0) is 21.3. The van der Waals surface area contributed by atoms with Crippen LogP contribution in [0.25, 0.3) is 0 Å². The molecule has 0 saturated carbocycles. The highest BCUT2D eigenvalue weighted by Gasteiger charge is 2.32. The fourth-order valence-corrected chi connectivity index (χ4v) is 4.12. The van der Waals surface area contributed by atoms with E-state index in [2.05, 4.69) is 25.1 Å². The smallest absolute Gasteiger partial charge is 0.239 e. The Labute approximate surface area is 178 Å². The number of likely N-dealkylation sites (tertiary alicyclic amines) is 1. The lowest BCUT2D eigenvalue weighted by molar-refractivity contribution is -0.137. The highest BCUT2D eigenvalue weighted by Crippen LogP contribution is 2.20. The Morgan fingerprint density at radius 2 is 1.80 bits per heavy atom. The number of methoxy groups -OCH3 is 1. The van der Waals surface area contributed by atoms with Crippen LogP contribution in [-0.4, -0.2) is 97.2 Å². The van der Waals surface area contributed by atoms with Crippen molar-refractivity contribution in [2.24, 2.45) is 5.92 Å². The van der Waals surface area contributed by atoms with Gasteiger partial charge in [-0.1, -0.05) is 0 Å². The molecule has 3 rings (SSSR count). The molecule has 2 amide bonds. The molecule has 1 N–H and O–H groups in total. The van der Waals surface area contributed by atoms with Crippen molar-refractivity contribution in [3.8, 4) is 0 Å². The summed E-state index contributed by atoms with van der Waals surface area (Å²) in [5.74, 6) is 1.07. The molecule has 0 spiro atoms. The summed E-state index contributed by atoms with van der Waals surface area (Å²) in [6.45, 7) is 7.71. The second-order valence-corrected chi connectivity index (χ2v) is 7.98. The summed E-state index contributed by atoms with van der Waals surface area (Å²) in [5.41, 5.74) is 0. The quantitative estimate of drug-likeness (QED) is 0.610. The first-order chi connectivity index (χ1) is 14.6. The highest BCUT2D eigenvalue weighted by atomic mass is 16.5. The van der Waals surface area contributed by atoms with E-state index >= 15 is 0 Å². The van der Waals surface area contributed by atoms with Gasteiger partial charge in [0.1, 0.15) is 0 Å². The van der Waals surface area contributed by atoms with Crippen molar-refractivity contribution in [3.05, 3.63) is 18.5 Å². The fourth-order valence-electron chi connectivity index (χ4n) is 4.12. The van der Waals surface area contributed by atoms with Crippen LogP contribution in [0.3, 0.4) is 0 Å². The Balaban J connectivity index is 1.40. The maximum absolute atomic E-state index is 13.0. The van der Waals surface area contributed by atoms with Crippen LogP contribution >= 0.6 is 0 Å². The first-order valence-electron chi connectivity index (χ1n) is 10.9. The molecule has 3 heterocycles. The highest BCUT2D eigenvalue weighted by molar-refractivity contribution is 5.82. The molecule has 2 fully saturated rings. The molecule has 9 heteroatoms. The Kier molecular flexibility index (Phi) is 8.39. The topological polar surface area (TPSA) is 90.9 Å². The lowest BCUT2D eigenvalue weighted by Gasteiger charge is -2.40. The molecule has 1 aromatic heterocycles. The third-order valence-electron chi connectivity index (χ3n) is 6.06. The average molecular weight is 419 g/mol. The van der Waals surface area contributed by atoms with Gasteiger partial charge in [-0.3, -0.25) is 14.5 Å². The zero-order valence-corrected chi connectivity index (χ0v) is 18.1. The molecule has 0 aromatic carbocycles. The number of piperazine rings is 1. The van der Waals surface area contributed by atoms with E-state index in [1.165, 1.54) is 0 Å². The number of nitrogens with one attached hydrogen (secondary N) is 1. The number of hydrogen-bond donors (Lipinski definition) is 1. The molecule has 1 aromatic rings. The number of amides is 2. The van der Waals surface area contributed by atoms with Gasteiger partial charge in [0.05, 0.1) is 6.04 Å². The predicted octanol–water partition coefficient (Wildman–Crippen LogP) is 0.378. The molecule has 0 aliphatic carbocycles. The van der Waals surface area contributed by atoms with Gasteiger partial charge in [-0.2, -0.15) is 0 Å². The molecule has 9 nitrogen and oxygen atoms in total. The lowest BCUT2D eigenvalue weighted by Crippen LogP contribution is -2.55. The van der Waals surface area contributed by atoms with E-state index in [0.29, 0.717) is 26.2 Å². The van der Waals surface area contributed by atoms with Crippen LogP contribution in [0.4, 0.5) is 5.95 Å². The normalized spacial score (nSPS) is 19.5. The summed E-state index contributed by atoms with van der Waals surface area (Å²) >= 11 is 0. The second-order valence-electron chi connectivity index (χ2n) is 7.98. The monoisotopic (exact) mass is 418 g/mol. The number of carbonyl (C=O) groups excluding carboxylic acids is 2. The van der Waals surface area contributed by atoms with Crippen LogP contribution in [0.1, 0.15) is 26.2 Å². The summed E-state index contributed by atoms with van der Waals surface area (Å²) in [4.78, 5) is 40.2. The van der Waals surface area contributed by atoms with Crippen molar-refractivity contribution in [1.29, 1.82) is 0 Å². The Bertz CT molecular complexity index is 673. The molecule has 0 bridgehead atoms. The molecular weight excluding hydrogens is 384 g/mol. The standard InChI is InChI=1S/C21H34N6O3/c1-17(25-10-5-18(6-11-25)19(28)22-9-4-16-30-2)20(29)26-12-14-27(15-13-26)21-23-7-3-8-24-21/h3,7-8,17-18H,4-6,9-16H2,1-2H3,(H,22,28). The number of ether oxygens (including phenoxy) is 1. The molecule has 1 unspecified atom stereocenters. The third kappa shape index (κ3) is 5.89. The minimum Gasteiger partial charge on any atom is -0.385 e. The number of hydrogen-bond acceptors (Lipinski definition) is 7. The van der Waals surface area contributed by atoms with Crippen molar-refractivity contribution in [2.45, 2.75) is 32.2 Å². The van der Waals surface area contributed by atoms with E-state index in [9.17, 15) is 9.59 Å². The van der Waals surface area contributed by atoms with Gasteiger partial charge in [0.25, 0.3) is 0 Å². The van der Waals surface area contributed by atoms with Crippen molar-refractivity contribution >= 4 is 17.8 Å². The number of nitrogens with zero attached hydrogens (tertiary/aromatic N) is 5. The van der Waals surface area contributed by atoms with Gasteiger partial charge >= 0.3 is 0 Å². The minimum absolute atomic E-state index is 0.0421. The average Bonchev–Trinajstić information content (AvgIpc) is 2.81. The van der Waals surface area contributed by atoms with Gasteiger partial charge in [0.15, 0.2) is 0 Å². The SMILES string of the molecule is COCCCNC(=O)C1CCN(C(C)C(=O)N2CCN(c3ncccn3)CC2)CC1. The second kappa shape index (κ2) is 11.2. The summed E-state index contributed by atoms with van der Waals surface area (Å²) in [5, 5.41) is 3.00. The molecule has 0 radical (unpaired) electrons. The number of carbonyl (C=O) groups is 2. The summed E-state index contributed by atoms with van der Waals surface area (Å²) in [6.07, 6.45) is 5.91. The number of anilines is 1. The molecule has 2 saturated heterocycles. The molecule has 166 valence electrons. The van der Waals surface area contributed by atoms with E-state index in [4.69, 9.17) is 4.74 Å². The van der Waals surface area contributed by atoms with Crippen LogP contribution in [0, 0.1) is 5.92 Å². The molecule has 1 atom stereocenters. The largest absolute Gasteiger partial charge is 0.385 e. The summed E-state index contributed by atoms with van der Waals surface area (Å²) < 4.78 is 5.01. The Morgan fingerprint density at radius 1 is 1.13 bits per heavy atom. The van der Waals surface area contributed by atoms with Crippen LogP contribution in [-0.2, 0) is 14.3 Å². The first kappa shape index (κ1) is 22.4. The molecule has 30 heavy (non-hydrogen) atoms. The van der Waals surface area contributed by atoms with Gasteiger partial charge < -0.3 is 19.9 Å². The van der Waals surface area contributed by atoms with Crippen LogP contribution in [0.5, 0.6) is 0 Å². The molecule has 2 aliphatic heterocycles. The third-order valence-corrected chi connectivity index (χ3v) is 6.06. The van der Waals surface area contributed by atoms with Gasteiger partial charge in [-0.25, -0.2) is 9.97 Å². The lowest BCUT2D eigenvalue weighted by atomic mass is 9.94. The maximum atomic E-state index is 13.0. The molecular formula is C21H34N6O3. The minimum atomic E-state index is -0.157. The van der Waals surface area contributed by atoms with Crippen molar-refractivity contribution < 1.29 is 14.3 Å².